The van der Waals surface area contributed by atoms with Gasteiger partial charge in [-0.1, -0.05) is 98.8 Å². The van der Waals surface area contributed by atoms with Gasteiger partial charge in [0.2, 0.25) is 0 Å². The Hall–Kier alpha value is -3.80. The molecule has 0 aromatic heterocycles. The number of hydrogen-bond acceptors (Lipinski definition) is 8. The van der Waals surface area contributed by atoms with E-state index in [0.29, 0.717) is 101 Å². The van der Waals surface area contributed by atoms with E-state index in [1.54, 1.807) is 22.4 Å². The van der Waals surface area contributed by atoms with Crippen molar-refractivity contribution in [3.8, 4) is 11.8 Å². The number of ether oxygens (including phenoxy) is 2. The Balaban J connectivity index is 0.861. The largest absolute Gasteiger partial charge is 0.509 e. The molecule has 7 aliphatic heterocycles. The number of fused-ring (bicyclic) bond motifs is 8. The monoisotopic (exact) mass is 1140 g/mol. The SMILES string of the molecule is C[C@H]1CC2=C3[C@H]4C5=C6[C@@H]7C[C@@]41CCC7=C[C@@H]([C@@H]1CCCC4(CCCC4)C1)C[C@H]1[C@]64C(=O)O/C(=C(\O)C[C@@H]6[C@H]7CC8(CCCC8)[C@]8(CCC[C@]89CCC[C@@H]9C#CC[C@@H]8[C@@H]9C[C@H](CN86)[C@H](CC2)N3C9)C7)[C@@]4(CC5)[C@]12OC(=O)c1c(CCCN)cccc12. The molecule has 7 heterocycles. The molecule has 19 atom stereocenters. The van der Waals surface area contributed by atoms with Crippen molar-refractivity contribution < 1.29 is 24.2 Å². The molecule has 8 saturated carbocycles. The summed E-state index contributed by atoms with van der Waals surface area (Å²) in [6, 6.07) is 7.53. The summed E-state index contributed by atoms with van der Waals surface area (Å²) < 4.78 is 15.3. The van der Waals surface area contributed by atoms with Crippen LogP contribution in [0.25, 0.3) is 0 Å². The van der Waals surface area contributed by atoms with E-state index in [2.05, 4.69) is 52.8 Å². The van der Waals surface area contributed by atoms with Crippen molar-refractivity contribution >= 4 is 11.9 Å². The molecule has 20 rings (SSSR count). The molecule has 19 aliphatic rings. The second kappa shape index (κ2) is 17.4. The van der Waals surface area contributed by atoms with E-state index < -0.39 is 16.4 Å². The molecule has 1 aromatic rings. The molecule has 11 fully saturated rings. The average Bonchev–Trinajstić information content (AvgIpc) is 1.54. The highest BCUT2D eigenvalue weighted by Gasteiger charge is 2.94. The molecule has 450 valence electrons. The molecule has 1 aromatic carbocycles. The second-order valence-electron chi connectivity index (χ2n) is 34.2. The summed E-state index contributed by atoms with van der Waals surface area (Å²) in [7, 11) is 0. The van der Waals surface area contributed by atoms with Gasteiger partial charge < -0.3 is 25.2 Å². The Bertz CT molecular complexity index is 3360. The lowest BCUT2D eigenvalue weighted by atomic mass is 9.26. The van der Waals surface area contributed by atoms with Crippen molar-refractivity contribution in [2.24, 2.45) is 103 Å². The van der Waals surface area contributed by atoms with Gasteiger partial charge in [-0.15, -0.1) is 5.92 Å². The van der Waals surface area contributed by atoms with Crippen LogP contribution in [0.3, 0.4) is 0 Å². The Morgan fingerprint density at radius 3 is 2.49 bits per heavy atom. The van der Waals surface area contributed by atoms with Crippen molar-refractivity contribution in [3.63, 3.8) is 0 Å². The summed E-state index contributed by atoms with van der Waals surface area (Å²) in [5.74, 6) is 12.4. The number of nitrogens with zero attached hydrogens (tertiary/aromatic N) is 2. The van der Waals surface area contributed by atoms with E-state index in [1.807, 2.05) is 0 Å². The van der Waals surface area contributed by atoms with Crippen LogP contribution < -0.4 is 5.73 Å². The van der Waals surface area contributed by atoms with Crippen LogP contribution in [0.5, 0.6) is 0 Å². The van der Waals surface area contributed by atoms with Gasteiger partial charge in [-0.2, -0.15) is 0 Å². The number of aliphatic hydroxyl groups is 1. The predicted octanol–water partition coefficient (Wildman–Crippen LogP) is 15.3. The molecule has 3 N–H and O–H groups in total. The zero-order valence-corrected chi connectivity index (χ0v) is 51.5. The summed E-state index contributed by atoms with van der Waals surface area (Å²) in [4.78, 5) is 39.3. The maximum absolute atomic E-state index is 17.3. The molecule has 3 saturated heterocycles. The van der Waals surface area contributed by atoms with Crippen LogP contribution >= 0.6 is 0 Å². The van der Waals surface area contributed by atoms with Crippen molar-refractivity contribution in [3.05, 3.63) is 80.5 Å². The fraction of sp³-hybridized carbons (Fsp3) is 0.766. The Kier molecular flexibility index (Phi) is 10.6. The van der Waals surface area contributed by atoms with E-state index in [9.17, 15) is 5.11 Å². The predicted molar refractivity (Wildman–Crippen MR) is 327 cm³/mol. The summed E-state index contributed by atoms with van der Waals surface area (Å²) in [5, 5.41) is 14.5. The van der Waals surface area contributed by atoms with Crippen molar-refractivity contribution in [1.29, 1.82) is 0 Å². The van der Waals surface area contributed by atoms with Crippen LogP contribution in [0.15, 0.2) is 63.8 Å². The van der Waals surface area contributed by atoms with Gasteiger partial charge in [0.25, 0.3) is 0 Å². The molecular weight excluding hydrogens is 1050 g/mol. The molecular formula is C77H97N3O5. The summed E-state index contributed by atoms with van der Waals surface area (Å²) in [5.41, 5.74) is 15.3. The molecule has 8 heteroatoms. The van der Waals surface area contributed by atoms with Gasteiger partial charge in [0.05, 0.1) is 11.0 Å². The number of benzene rings is 1. The van der Waals surface area contributed by atoms with E-state index in [4.69, 9.17) is 15.2 Å². The van der Waals surface area contributed by atoms with Crippen LogP contribution in [0.1, 0.15) is 240 Å². The molecule has 0 unspecified atom stereocenters. The zero-order valence-electron chi connectivity index (χ0n) is 51.5. The number of aryl methyl sites for hydroxylation is 1. The fourth-order valence-corrected chi connectivity index (χ4v) is 30.1. The van der Waals surface area contributed by atoms with Crippen LogP contribution in [0.4, 0.5) is 0 Å². The van der Waals surface area contributed by atoms with Gasteiger partial charge in [0, 0.05) is 79.0 Å². The number of carbonyl (C=O) groups is 2. The number of nitrogens with two attached hydrogens (primary N) is 1. The maximum atomic E-state index is 17.3. The van der Waals surface area contributed by atoms with Crippen molar-refractivity contribution in [2.45, 2.75) is 249 Å². The van der Waals surface area contributed by atoms with Gasteiger partial charge in [0.15, 0.2) is 11.4 Å². The third-order valence-electron chi connectivity index (χ3n) is 32.4. The minimum atomic E-state index is -1.17. The number of rotatable bonds is 4. The fourth-order valence-electron chi connectivity index (χ4n) is 30.1. The normalized spacial score (nSPS) is 49.9. The molecule has 12 aliphatic carbocycles. The molecule has 8 nitrogen and oxygen atoms in total. The topological polar surface area (TPSA) is 105 Å². The Labute approximate surface area is 507 Å². The Morgan fingerprint density at radius 1 is 0.776 bits per heavy atom. The first-order chi connectivity index (χ1) is 41.5. The lowest BCUT2D eigenvalue weighted by Gasteiger charge is -2.74. The van der Waals surface area contributed by atoms with Crippen molar-refractivity contribution in [1.82, 2.24) is 9.80 Å². The number of carbonyl (C=O) groups excluding carboxylic acids is 2. The smallest absolute Gasteiger partial charge is 0.339 e. The minimum absolute atomic E-state index is 0.105. The first-order valence-electron chi connectivity index (χ1n) is 36.4. The average molecular weight is 1140 g/mol. The lowest BCUT2D eigenvalue weighted by Crippen LogP contribution is -2.78. The van der Waals surface area contributed by atoms with Crippen LogP contribution in [0.2, 0.25) is 0 Å². The van der Waals surface area contributed by atoms with E-state index in [-0.39, 0.29) is 52.5 Å². The summed E-state index contributed by atoms with van der Waals surface area (Å²) in [6.07, 6.45) is 43.1. The van der Waals surface area contributed by atoms with Crippen molar-refractivity contribution in [2.75, 3.05) is 19.6 Å². The first-order valence-corrected chi connectivity index (χ1v) is 36.4. The van der Waals surface area contributed by atoms with Gasteiger partial charge in [-0.3, -0.25) is 9.69 Å². The van der Waals surface area contributed by atoms with Gasteiger partial charge in [0.1, 0.15) is 11.2 Å². The highest BCUT2D eigenvalue weighted by molar-refractivity contribution is 6.00. The van der Waals surface area contributed by atoms with Gasteiger partial charge in [-0.25, -0.2) is 4.79 Å². The number of aliphatic hydroxyl groups excluding tert-OH is 1. The Morgan fingerprint density at radius 2 is 1.61 bits per heavy atom. The summed E-state index contributed by atoms with van der Waals surface area (Å²) in [6.45, 7) is 5.42. The summed E-state index contributed by atoms with van der Waals surface area (Å²) >= 11 is 0. The molecule has 12 bridgehead atoms. The quantitative estimate of drug-likeness (QED) is 0.175. The van der Waals surface area contributed by atoms with Gasteiger partial charge in [-0.05, 0) is 241 Å². The van der Waals surface area contributed by atoms with Gasteiger partial charge >= 0.3 is 11.9 Å². The van der Waals surface area contributed by atoms with E-state index >= 15 is 9.59 Å². The van der Waals surface area contributed by atoms with Crippen LogP contribution in [0, 0.1) is 109 Å². The van der Waals surface area contributed by atoms with E-state index in [1.165, 1.54) is 166 Å². The third kappa shape index (κ3) is 5.90. The van der Waals surface area contributed by atoms with Crippen LogP contribution in [-0.2, 0) is 26.3 Å². The first kappa shape index (κ1) is 52.0. The zero-order chi connectivity index (χ0) is 56.4. The molecule has 85 heavy (non-hydrogen) atoms. The highest BCUT2D eigenvalue weighted by atomic mass is 16.6. The second-order valence-corrected chi connectivity index (χ2v) is 34.2. The third-order valence-corrected chi connectivity index (χ3v) is 32.4. The number of hydrogen-bond donors (Lipinski definition) is 2. The minimum Gasteiger partial charge on any atom is -0.509 e. The molecule has 0 amide bonds. The maximum Gasteiger partial charge on any atom is 0.339 e. The number of piperidine rings is 2. The highest BCUT2D eigenvalue weighted by Crippen LogP contribution is 2.90. The molecule has 8 spiro atoms. The van der Waals surface area contributed by atoms with Crippen LogP contribution in [-0.4, -0.2) is 64.6 Å². The lowest BCUT2D eigenvalue weighted by molar-refractivity contribution is -0.284. The van der Waals surface area contributed by atoms with E-state index in [0.717, 1.165) is 68.3 Å². The number of allylic oxidation sites excluding steroid dienone is 4. The molecule has 0 radical (unpaired) electrons. The standard InChI is InChI=1S/C77H97N3O5/c1-45-34-48-19-20-59-51-36-52-44-80(59)66(48)65-55-22-32-75-67(61(81)38-60-53-40-71(26-4-5-27-71)74(41-53)30-11-29-73(74)28-9-16-54(73)15-7-18-58(52)79(60)43-51)84-69(83)76(75)62(77(75)57-17-6-12-46(14-10-33-78)63(57)68(82)85-77)37-50(49-13-8-25-70(39-49)23-2-3-24-70)35-47-21-31-72(45,65)42-56(47)64(55)76/h6,12,17,35,45,49-54,56,58-60,62,65,81H,2-5,8-11,13-14,16,18-34,36-44,78H2,1H3/b47-35?,67-61-/t45-,49+,50+,51+,52+,53-,54-,56+,58+,59-,60+,62-,65+,72+,73-,74-,75+,76+,77+/m0/s1. The number of esters is 2.